The van der Waals surface area contributed by atoms with E-state index >= 15 is 0 Å². The monoisotopic (exact) mass is 699 g/mol. The van der Waals surface area contributed by atoms with Crippen LogP contribution in [0.4, 0.5) is 18.9 Å². The highest BCUT2D eigenvalue weighted by molar-refractivity contribution is 9.10. The van der Waals surface area contributed by atoms with Crippen LogP contribution in [0, 0.1) is 0 Å². The number of nitrogens with zero attached hydrogens (tertiary/aromatic N) is 2. The Morgan fingerprint density at radius 3 is 2.26 bits per heavy atom. The van der Waals surface area contributed by atoms with Gasteiger partial charge in [-0.05, 0) is 67.8 Å². The molecule has 0 spiro atoms. The average molecular weight is 701 g/mol. The molecule has 3 aromatic rings. The van der Waals surface area contributed by atoms with Crippen LogP contribution < -0.4 is 9.62 Å². The van der Waals surface area contributed by atoms with Crippen LogP contribution in [0.5, 0.6) is 0 Å². The third-order valence-corrected chi connectivity index (χ3v) is 9.93. The fourth-order valence-corrected chi connectivity index (χ4v) is 6.81. The van der Waals surface area contributed by atoms with Gasteiger partial charge in [0.2, 0.25) is 11.8 Å². The lowest BCUT2D eigenvalue weighted by Crippen LogP contribution is -2.52. The summed E-state index contributed by atoms with van der Waals surface area (Å²) in [5.41, 5.74) is -0.982. The summed E-state index contributed by atoms with van der Waals surface area (Å²) in [7, 11) is -4.53. The van der Waals surface area contributed by atoms with Crippen molar-refractivity contribution < 1.29 is 31.2 Å². The van der Waals surface area contributed by atoms with E-state index in [1.165, 1.54) is 29.2 Å². The van der Waals surface area contributed by atoms with Gasteiger partial charge in [-0.1, -0.05) is 70.7 Å². The number of benzene rings is 3. The van der Waals surface area contributed by atoms with Crippen LogP contribution in [0.1, 0.15) is 43.7 Å². The molecule has 13 heteroatoms. The van der Waals surface area contributed by atoms with Crippen molar-refractivity contribution in [2.45, 2.75) is 62.3 Å². The van der Waals surface area contributed by atoms with Crippen molar-refractivity contribution in [3.05, 3.63) is 93.4 Å². The number of sulfonamides is 1. The van der Waals surface area contributed by atoms with Gasteiger partial charge >= 0.3 is 6.18 Å². The van der Waals surface area contributed by atoms with Crippen LogP contribution in [0.3, 0.4) is 0 Å². The maximum atomic E-state index is 14.0. The Kier molecular flexibility index (Phi) is 10.4. The summed E-state index contributed by atoms with van der Waals surface area (Å²) in [5.74, 6) is -1.18. The van der Waals surface area contributed by atoms with Crippen LogP contribution >= 0.6 is 27.5 Å². The van der Waals surface area contributed by atoms with E-state index in [1.807, 2.05) is 0 Å². The van der Waals surface area contributed by atoms with E-state index in [0.717, 1.165) is 42.3 Å². The predicted octanol–water partition coefficient (Wildman–Crippen LogP) is 6.79. The molecule has 0 heterocycles. The Morgan fingerprint density at radius 1 is 1.02 bits per heavy atom. The fourth-order valence-electron chi connectivity index (χ4n) is 4.90. The van der Waals surface area contributed by atoms with E-state index in [0.29, 0.717) is 15.9 Å². The zero-order valence-corrected chi connectivity index (χ0v) is 26.3. The molecule has 1 N–H and O–H groups in total. The van der Waals surface area contributed by atoms with Gasteiger partial charge in [0.15, 0.2) is 0 Å². The first kappa shape index (κ1) is 32.8. The fraction of sp³-hybridized carbons (Fsp3) is 0.333. The number of alkyl halides is 3. The van der Waals surface area contributed by atoms with Crippen LogP contribution in [-0.4, -0.2) is 43.8 Å². The standard InChI is InChI=1S/C30H30BrClF3N3O4S/c1-20(29(40)36-23-7-5-6-8-23)37(18-21-11-13-22(31)14-12-21)28(39)19-38(43(41,42)25-9-3-2-4-10-25)24-15-16-27(32)26(17-24)30(33,34)35/h2-4,9-17,20,23H,5-8,18-19H2,1H3,(H,36,40)/t20-/m1/s1. The minimum absolute atomic E-state index is 0.0237. The number of carbonyl (C=O) groups is 2. The normalized spacial score (nSPS) is 14.7. The number of hydrogen-bond acceptors (Lipinski definition) is 4. The molecule has 0 aromatic heterocycles. The zero-order chi connectivity index (χ0) is 31.4. The van der Waals surface area contributed by atoms with Crippen molar-refractivity contribution in [1.29, 1.82) is 0 Å². The summed E-state index contributed by atoms with van der Waals surface area (Å²) < 4.78 is 70.3. The van der Waals surface area contributed by atoms with Crippen molar-refractivity contribution in [2.75, 3.05) is 10.8 Å². The summed E-state index contributed by atoms with van der Waals surface area (Å²) in [6.07, 6.45) is -1.28. The molecule has 1 atom stereocenters. The molecule has 1 aliphatic carbocycles. The van der Waals surface area contributed by atoms with Crippen molar-refractivity contribution in [3.63, 3.8) is 0 Å². The molecule has 0 bridgehead atoms. The number of hydrogen-bond donors (Lipinski definition) is 1. The second kappa shape index (κ2) is 13.7. The Labute approximate surface area is 262 Å². The van der Waals surface area contributed by atoms with E-state index in [4.69, 9.17) is 11.6 Å². The summed E-state index contributed by atoms with van der Waals surface area (Å²) in [5, 5.41) is 2.35. The van der Waals surface area contributed by atoms with E-state index in [-0.39, 0.29) is 17.5 Å². The van der Waals surface area contributed by atoms with E-state index < -0.39 is 56.9 Å². The highest BCUT2D eigenvalue weighted by atomic mass is 79.9. The van der Waals surface area contributed by atoms with Crippen molar-refractivity contribution in [2.24, 2.45) is 0 Å². The molecule has 3 aromatic carbocycles. The van der Waals surface area contributed by atoms with Crippen LogP contribution in [0.2, 0.25) is 5.02 Å². The molecule has 43 heavy (non-hydrogen) atoms. The second-order valence-corrected chi connectivity index (χ2v) is 13.5. The number of halogens is 5. The molecule has 1 aliphatic rings. The third-order valence-electron chi connectivity index (χ3n) is 7.29. The molecular weight excluding hydrogens is 671 g/mol. The highest BCUT2D eigenvalue weighted by Crippen LogP contribution is 2.38. The van der Waals surface area contributed by atoms with Crippen LogP contribution in [0.25, 0.3) is 0 Å². The predicted molar refractivity (Wildman–Crippen MR) is 162 cm³/mol. The average Bonchev–Trinajstić information content (AvgIpc) is 3.48. The minimum Gasteiger partial charge on any atom is -0.352 e. The van der Waals surface area contributed by atoms with Gasteiger partial charge in [-0.25, -0.2) is 8.42 Å². The Morgan fingerprint density at radius 2 is 1.65 bits per heavy atom. The molecule has 0 saturated heterocycles. The molecule has 2 amide bonds. The van der Waals surface area contributed by atoms with Crippen LogP contribution in [0.15, 0.2) is 82.2 Å². The quantitative estimate of drug-likeness (QED) is 0.252. The van der Waals surface area contributed by atoms with E-state index in [2.05, 4.69) is 21.2 Å². The summed E-state index contributed by atoms with van der Waals surface area (Å²) in [6, 6.07) is 15.7. The molecular formula is C30H30BrClF3N3O4S. The van der Waals surface area contributed by atoms with Gasteiger partial charge in [-0.3, -0.25) is 13.9 Å². The number of amides is 2. The lowest BCUT2D eigenvalue weighted by Gasteiger charge is -2.32. The third kappa shape index (κ3) is 8.10. The lowest BCUT2D eigenvalue weighted by atomic mass is 10.1. The molecule has 0 radical (unpaired) electrons. The SMILES string of the molecule is C[C@H](C(=O)NC1CCCC1)N(Cc1ccc(Br)cc1)C(=O)CN(c1ccc(Cl)c(C(F)(F)F)c1)S(=O)(=O)c1ccccc1. The second-order valence-electron chi connectivity index (χ2n) is 10.3. The Bertz CT molecular complexity index is 1550. The summed E-state index contributed by atoms with van der Waals surface area (Å²) in [6.45, 7) is 0.633. The molecule has 1 saturated carbocycles. The number of nitrogens with one attached hydrogen (secondary N) is 1. The summed E-state index contributed by atoms with van der Waals surface area (Å²) in [4.78, 5) is 28.3. The topological polar surface area (TPSA) is 86.8 Å². The Hall–Kier alpha value is -3.09. The first-order valence-corrected chi connectivity index (χ1v) is 16.2. The van der Waals surface area contributed by atoms with Gasteiger partial charge in [0.1, 0.15) is 12.6 Å². The molecule has 1 fully saturated rings. The first-order chi connectivity index (χ1) is 20.3. The first-order valence-electron chi connectivity index (χ1n) is 13.6. The van der Waals surface area contributed by atoms with Gasteiger partial charge in [0.25, 0.3) is 10.0 Å². The van der Waals surface area contributed by atoms with Gasteiger partial charge in [0, 0.05) is 17.1 Å². The van der Waals surface area contributed by atoms with Gasteiger partial charge in [0.05, 0.1) is 21.2 Å². The van der Waals surface area contributed by atoms with E-state index in [1.54, 1.807) is 37.3 Å². The number of carbonyl (C=O) groups excluding carboxylic acids is 2. The zero-order valence-electron chi connectivity index (χ0n) is 23.2. The van der Waals surface area contributed by atoms with Gasteiger partial charge < -0.3 is 10.2 Å². The molecule has 7 nitrogen and oxygen atoms in total. The van der Waals surface area contributed by atoms with Crippen molar-refractivity contribution in [1.82, 2.24) is 10.2 Å². The van der Waals surface area contributed by atoms with Crippen molar-refractivity contribution >= 4 is 55.1 Å². The van der Waals surface area contributed by atoms with Gasteiger partial charge in [-0.15, -0.1) is 0 Å². The lowest BCUT2D eigenvalue weighted by molar-refractivity contribution is -0.139. The molecule has 0 aliphatic heterocycles. The van der Waals surface area contributed by atoms with Crippen LogP contribution in [-0.2, 0) is 32.3 Å². The summed E-state index contributed by atoms with van der Waals surface area (Å²) >= 11 is 9.17. The van der Waals surface area contributed by atoms with Crippen molar-refractivity contribution in [3.8, 4) is 0 Å². The minimum atomic E-state index is -4.88. The Balaban J connectivity index is 1.74. The molecule has 4 rings (SSSR count). The maximum Gasteiger partial charge on any atom is 0.417 e. The van der Waals surface area contributed by atoms with Gasteiger partial charge in [-0.2, -0.15) is 13.2 Å². The number of anilines is 1. The number of rotatable bonds is 10. The smallest absolute Gasteiger partial charge is 0.352 e. The largest absolute Gasteiger partial charge is 0.417 e. The van der Waals surface area contributed by atoms with E-state index in [9.17, 15) is 31.2 Å². The molecule has 0 unspecified atom stereocenters. The molecule has 230 valence electrons. The maximum absolute atomic E-state index is 14.0. The highest BCUT2D eigenvalue weighted by Gasteiger charge is 2.37.